The summed E-state index contributed by atoms with van der Waals surface area (Å²) < 4.78 is 4.87. The number of nitrogens with one attached hydrogen (secondary N) is 2. The van der Waals surface area contributed by atoms with Gasteiger partial charge in [0.1, 0.15) is 0 Å². The van der Waals surface area contributed by atoms with E-state index in [1.54, 1.807) is 19.1 Å². The van der Waals surface area contributed by atoms with Crippen molar-refractivity contribution in [2.45, 2.75) is 13.8 Å². The van der Waals surface area contributed by atoms with E-state index in [0.717, 1.165) is 5.56 Å². The number of esters is 1. The maximum Gasteiger partial charge on any atom is 0.338 e. The van der Waals surface area contributed by atoms with Crippen LogP contribution in [0.5, 0.6) is 0 Å². The molecule has 0 bridgehead atoms. The van der Waals surface area contributed by atoms with Gasteiger partial charge >= 0.3 is 17.8 Å². The van der Waals surface area contributed by atoms with Crippen LogP contribution in [0.1, 0.15) is 22.8 Å². The van der Waals surface area contributed by atoms with Crippen LogP contribution in [-0.2, 0) is 14.3 Å². The van der Waals surface area contributed by atoms with Crippen molar-refractivity contribution in [1.29, 1.82) is 0 Å². The van der Waals surface area contributed by atoms with Gasteiger partial charge in [-0.15, -0.1) is 0 Å². The second-order valence-electron chi connectivity index (χ2n) is 5.02. The molecule has 0 radical (unpaired) electrons. The average molecular weight is 326 g/mol. The zero-order chi connectivity index (χ0) is 17.5. The van der Waals surface area contributed by atoms with E-state index in [0.29, 0.717) is 16.9 Å². The van der Waals surface area contributed by atoms with E-state index >= 15 is 0 Å². The Hall–Kier alpha value is -3.15. The van der Waals surface area contributed by atoms with Crippen molar-refractivity contribution in [3.05, 3.63) is 59.7 Å². The first-order chi connectivity index (χ1) is 11.5. The Balaban J connectivity index is 1.97. The van der Waals surface area contributed by atoms with Gasteiger partial charge in [0.05, 0.1) is 12.2 Å². The molecule has 0 spiro atoms. The highest BCUT2D eigenvalue weighted by molar-refractivity contribution is 6.43. The molecule has 2 rings (SSSR count). The summed E-state index contributed by atoms with van der Waals surface area (Å²) in [6.07, 6.45) is 0. The zero-order valence-electron chi connectivity index (χ0n) is 13.5. The minimum absolute atomic E-state index is 0.288. The monoisotopic (exact) mass is 326 g/mol. The van der Waals surface area contributed by atoms with E-state index < -0.39 is 17.8 Å². The topological polar surface area (TPSA) is 84.5 Å². The van der Waals surface area contributed by atoms with Gasteiger partial charge in [-0.2, -0.15) is 0 Å². The summed E-state index contributed by atoms with van der Waals surface area (Å²) in [6, 6.07) is 13.3. The van der Waals surface area contributed by atoms with E-state index in [2.05, 4.69) is 10.6 Å². The number of amides is 2. The first kappa shape index (κ1) is 17.2. The predicted octanol–water partition coefficient (Wildman–Crippen LogP) is 2.75. The molecule has 2 N–H and O–H groups in total. The van der Waals surface area contributed by atoms with Crippen LogP contribution in [0.3, 0.4) is 0 Å². The summed E-state index contributed by atoms with van der Waals surface area (Å²) >= 11 is 0. The Labute approximate surface area is 139 Å². The van der Waals surface area contributed by atoms with Crippen molar-refractivity contribution in [2.24, 2.45) is 0 Å². The molecule has 0 saturated heterocycles. The number of para-hydroxylation sites is 1. The molecular weight excluding hydrogens is 308 g/mol. The summed E-state index contributed by atoms with van der Waals surface area (Å²) in [5.41, 5.74) is 2.22. The lowest BCUT2D eigenvalue weighted by Gasteiger charge is -2.09. The van der Waals surface area contributed by atoms with E-state index in [4.69, 9.17) is 4.74 Å². The molecule has 0 aromatic heterocycles. The van der Waals surface area contributed by atoms with Gasteiger partial charge < -0.3 is 15.4 Å². The van der Waals surface area contributed by atoms with Gasteiger partial charge in [-0.25, -0.2) is 4.79 Å². The van der Waals surface area contributed by atoms with Crippen molar-refractivity contribution in [2.75, 3.05) is 17.2 Å². The average Bonchev–Trinajstić information content (AvgIpc) is 2.57. The maximum absolute atomic E-state index is 11.9. The van der Waals surface area contributed by atoms with Crippen LogP contribution >= 0.6 is 0 Å². The highest BCUT2D eigenvalue weighted by Crippen LogP contribution is 2.14. The zero-order valence-corrected chi connectivity index (χ0v) is 13.5. The number of aryl methyl sites for hydroxylation is 1. The molecule has 0 fully saturated rings. The van der Waals surface area contributed by atoms with Crippen molar-refractivity contribution in [1.82, 2.24) is 0 Å². The van der Waals surface area contributed by atoms with Crippen LogP contribution in [0.15, 0.2) is 48.5 Å². The molecule has 2 amide bonds. The Bertz CT molecular complexity index is 754. The van der Waals surface area contributed by atoms with Crippen molar-refractivity contribution in [3.8, 4) is 0 Å². The molecule has 0 unspecified atom stereocenters. The van der Waals surface area contributed by atoms with Crippen LogP contribution in [-0.4, -0.2) is 24.4 Å². The quantitative estimate of drug-likeness (QED) is 0.668. The van der Waals surface area contributed by atoms with Gasteiger partial charge in [-0.05, 0) is 49.7 Å². The van der Waals surface area contributed by atoms with Gasteiger partial charge in [-0.1, -0.05) is 18.2 Å². The standard InChI is InChI=1S/C18H18N2O4/c1-3-24-18(23)13-8-10-14(11-9-13)19-16(21)17(22)20-15-7-5-4-6-12(15)2/h4-11H,3H2,1-2H3,(H,19,21)(H,20,22). The molecule has 0 aliphatic rings. The summed E-state index contributed by atoms with van der Waals surface area (Å²) in [7, 11) is 0. The number of hydrogen-bond acceptors (Lipinski definition) is 4. The molecule has 0 heterocycles. The lowest BCUT2D eigenvalue weighted by atomic mass is 10.2. The van der Waals surface area contributed by atoms with Crippen LogP contribution in [0.25, 0.3) is 0 Å². The van der Waals surface area contributed by atoms with Crippen molar-refractivity contribution in [3.63, 3.8) is 0 Å². The number of anilines is 2. The highest BCUT2D eigenvalue weighted by Gasteiger charge is 2.15. The molecule has 0 aliphatic heterocycles. The van der Waals surface area contributed by atoms with Crippen LogP contribution in [0.4, 0.5) is 11.4 Å². The molecule has 124 valence electrons. The number of carbonyl (C=O) groups excluding carboxylic acids is 3. The Morgan fingerprint density at radius 1 is 0.917 bits per heavy atom. The summed E-state index contributed by atoms with van der Waals surface area (Å²) in [6.45, 7) is 3.84. The number of benzene rings is 2. The van der Waals surface area contributed by atoms with Crippen molar-refractivity contribution < 1.29 is 19.1 Å². The fourth-order valence-corrected chi connectivity index (χ4v) is 1.98. The van der Waals surface area contributed by atoms with Gasteiger partial charge in [-0.3, -0.25) is 9.59 Å². The van der Waals surface area contributed by atoms with Crippen LogP contribution in [0, 0.1) is 6.92 Å². The van der Waals surface area contributed by atoms with Crippen LogP contribution < -0.4 is 10.6 Å². The smallest absolute Gasteiger partial charge is 0.338 e. The fraction of sp³-hybridized carbons (Fsp3) is 0.167. The van der Waals surface area contributed by atoms with Gasteiger partial charge in [0.2, 0.25) is 0 Å². The predicted molar refractivity (Wildman–Crippen MR) is 90.8 cm³/mol. The largest absolute Gasteiger partial charge is 0.462 e. The fourth-order valence-electron chi connectivity index (χ4n) is 1.98. The van der Waals surface area contributed by atoms with Gasteiger partial charge in [0, 0.05) is 11.4 Å². The Kier molecular flexibility index (Phi) is 5.68. The van der Waals surface area contributed by atoms with E-state index in [1.807, 2.05) is 19.1 Å². The normalized spacial score (nSPS) is 9.92. The third-order valence-corrected chi connectivity index (χ3v) is 3.25. The molecule has 24 heavy (non-hydrogen) atoms. The molecule has 0 saturated carbocycles. The van der Waals surface area contributed by atoms with E-state index in [1.165, 1.54) is 24.3 Å². The Morgan fingerprint density at radius 3 is 2.17 bits per heavy atom. The molecular formula is C18H18N2O4. The lowest BCUT2D eigenvalue weighted by Crippen LogP contribution is -2.29. The second-order valence-corrected chi connectivity index (χ2v) is 5.02. The molecule has 0 aliphatic carbocycles. The van der Waals surface area contributed by atoms with Crippen LogP contribution in [0.2, 0.25) is 0 Å². The number of rotatable bonds is 4. The lowest BCUT2D eigenvalue weighted by molar-refractivity contribution is -0.133. The maximum atomic E-state index is 11.9. The minimum atomic E-state index is -0.790. The number of carbonyl (C=O) groups is 3. The highest BCUT2D eigenvalue weighted by atomic mass is 16.5. The first-order valence-corrected chi connectivity index (χ1v) is 7.46. The summed E-state index contributed by atoms with van der Waals surface area (Å²) in [4.78, 5) is 35.4. The summed E-state index contributed by atoms with van der Waals surface area (Å²) in [5.74, 6) is -1.99. The molecule has 6 nitrogen and oxygen atoms in total. The van der Waals surface area contributed by atoms with Gasteiger partial charge in [0.15, 0.2) is 0 Å². The summed E-state index contributed by atoms with van der Waals surface area (Å²) in [5, 5.41) is 5.03. The second kappa shape index (κ2) is 7.92. The van der Waals surface area contributed by atoms with Gasteiger partial charge in [0.25, 0.3) is 0 Å². The SMILES string of the molecule is CCOC(=O)c1ccc(NC(=O)C(=O)Nc2ccccc2C)cc1. The first-order valence-electron chi connectivity index (χ1n) is 7.46. The van der Waals surface area contributed by atoms with E-state index in [9.17, 15) is 14.4 Å². The number of hydrogen-bond donors (Lipinski definition) is 2. The minimum Gasteiger partial charge on any atom is -0.462 e. The molecule has 6 heteroatoms. The molecule has 2 aromatic rings. The number of ether oxygens (including phenoxy) is 1. The molecule has 2 aromatic carbocycles. The Morgan fingerprint density at radius 2 is 1.54 bits per heavy atom. The van der Waals surface area contributed by atoms with Crippen molar-refractivity contribution >= 4 is 29.2 Å². The third-order valence-electron chi connectivity index (χ3n) is 3.25. The van der Waals surface area contributed by atoms with E-state index in [-0.39, 0.29) is 6.61 Å². The molecule has 0 atom stereocenters. The third kappa shape index (κ3) is 4.42.